The third-order valence-electron chi connectivity index (χ3n) is 6.49. The Morgan fingerprint density at radius 3 is 2.19 bits per heavy atom. The summed E-state index contributed by atoms with van der Waals surface area (Å²) in [4.78, 5) is 42.9. The van der Waals surface area contributed by atoms with E-state index in [1.54, 1.807) is 40.2 Å². The van der Waals surface area contributed by atoms with Crippen molar-refractivity contribution in [1.82, 2.24) is 25.2 Å². The molecule has 4 rings (SSSR count). The Morgan fingerprint density at radius 1 is 0.929 bits per heavy atom. The second-order valence-electron chi connectivity index (χ2n) is 11.0. The smallest absolute Gasteiger partial charge is 0.417 e. The number of benzene rings is 1. The van der Waals surface area contributed by atoms with Crippen LogP contribution in [0.15, 0.2) is 55.0 Å². The standard InChI is InChI=1S/C29H34F3N7O3/c1-28(2,3)42-27(41)36-18-25(40)37(4)19-20-6-5-7-21(14-20)22-15-34-26(35-16-22)39-12-10-38(11-13-39)24-9-8-23(17-33-24)29(30,31)32/h5-9,14-17H,10-13,18-19H2,1-4H3,(H,36,41). The summed E-state index contributed by atoms with van der Waals surface area (Å²) in [5.41, 5.74) is 1.19. The van der Waals surface area contributed by atoms with Crippen LogP contribution < -0.4 is 15.1 Å². The molecule has 0 unspecified atom stereocenters. The van der Waals surface area contributed by atoms with Gasteiger partial charge in [-0.15, -0.1) is 0 Å². The molecule has 10 nitrogen and oxygen atoms in total. The molecule has 0 bridgehead atoms. The molecule has 0 spiro atoms. The molecule has 42 heavy (non-hydrogen) atoms. The second kappa shape index (κ2) is 12.6. The number of alkyl halides is 3. The van der Waals surface area contributed by atoms with Crippen LogP contribution in [-0.4, -0.2) is 77.2 Å². The van der Waals surface area contributed by atoms with Gasteiger partial charge in [-0.3, -0.25) is 4.79 Å². The van der Waals surface area contributed by atoms with E-state index in [1.807, 2.05) is 34.1 Å². The largest absolute Gasteiger partial charge is 0.444 e. The lowest BCUT2D eigenvalue weighted by atomic mass is 10.1. The monoisotopic (exact) mass is 585 g/mol. The van der Waals surface area contributed by atoms with Crippen LogP contribution in [0.3, 0.4) is 0 Å². The predicted molar refractivity (Wildman–Crippen MR) is 152 cm³/mol. The molecule has 3 heterocycles. The number of pyridine rings is 1. The highest BCUT2D eigenvalue weighted by Crippen LogP contribution is 2.29. The van der Waals surface area contributed by atoms with Crippen molar-refractivity contribution in [3.63, 3.8) is 0 Å². The summed E-state index contributed by atoms with van der Waals surface area (Å²) in [7, 11) is 1.66. The minimum absolute atomic E-state index is 0.171. The van der Waals surface area contributed by atoms with Crippen LogP contribution in [0.1, 0.15) is 31.9 Å². The fraction of sp³-hybridized carbons (Fsp3) is 0.414. The molecule has 1 fully saturated rings. The molecule has 1 aromatic carbocycles. The number of hydrogen-bond acceptors (Lipinski definition) is 8. The molecule has 1 aliphatic rings. The van der Waals surface area contributed by atoms with Crippen molar-refractivity contribution in [3.05, 3.63) is 66.1 Å². The molecule has 1 N–H and O–H groups in total. The Hall–Kier alpha value is -4.42. The quantitative estimate of drug-likeness (QED) is 0.436. The van der Waals surface area contributed by atoms with Gasteiger partial charge in [-0.2, -0.15) is 13.2 Å². The number of ether oxygens (including phenoxy) is 1. The van der Waals surface area contributed by atoms with Crippen LogP contribution >= 0.6 is 0 Å². The number of nitrogens with zero attached hydrogens (tertiary/aromatic N) is 6. The van der Waals surface area contributed by atoms with Gasteiger partial charge in [0.1, 0.15) is 18.0 Å². The lowest BCUT2D eigenvalue weighted by Gasteiger charge is -2.35. The summed E-state index contributed by atoms with van der Waals surface area (Å²) < 4.78 is 43.6. The first-order chi connectivity index (χ1) is 19.8. The van der Waals surface area contributed by atoms with Crippen LogP contribution in [0.2, 0.25) is 0 Å². The minimum Gasteiger partial charge on any atom is -0.444 e. The van der Waals surface area contributed by atoms with Crippen LogP contribution in [0.25, 0.3) is 11.1 Å². The number of hydrogen-bond donors (Lipinski definition) is 1. The highest BCUT2D eigenvalue weighted by molar-refractivity contribution is 5.82. The number of carbonyl (C=O) groups excluding carboxylic acids is 2. The third kappa shape index (κ3) is 8.30. The normalized spacial score (nSPS) is 14.0. The molecule has 1 aliphatic heterocycles. The lowest BCUT2D eigenvalue weighted by Crippen LogP contribution is -2.47. The van der Waals surface area contributed by atoms with Crippen molar-refractivity contribution in [1.29, 1.82) is 0 Å². The number of likely N-dealkylation sites (N-methyl/N-ethyl adjacent to an activating group) is 1. The van der Waals surface area contributed by atoms with Crippen molar-refractivity contribution in [2.75, 3.05) is 49.6 Å². The maximum Gasteiger partial charge on any atom is 0.417 e. The van der Waals surface area contributed by atoms with E-state index < -0.39 is 23.4 Å². The first-order valence-corrected chi connectivity index (χ1v) is 13.4. The molecule has 0 radical (unpaired) electrons. The fourth-order valence-electron chi connectivity index (χ4n) is 4.32. The van der Waals surface area contributed by atoms with E-state index in [0.29, 0.717) is 44.5 Å². The van der Waals surface area contributed by atoms with Crippen LogP contribution in [0.5, 0.6) is 0 Å². The van der Waals surface area contributed by atoms with Crippen molar-refractivity contribution < 1.29 is 27.5 Å². The van der Waals surface area contributed by atoms with Gasteiger partial charge in [0.25, 0.3) is 0 Å². The minimum atomic E-state index is -4.41. The molecule has 3 aromatic rings. The van der Waals surface area contributed by atoms with Crippen molar-refractivity contribution >= 4 is 23.8 Å². The summed E-state index contributed by atoms with van der Waals surface area (Å²) in [5.74, 6) is 0.816. The Labute approximate surface area is 242 Å². The van der Waals surface area contributed by atoms with E-state index in [0.717, 1.165) is 29.0 Å². The maximum atomic E-state index is 12.8. The SMILES string of the molecule is CN(Cc1cccc(-c2cnc(N3CCN(c4ccc(C(F)(F)F)cn4)CC3)nc2)c1)C(=O)CNC(=O)OC(C)(C)C. The highest BCUT2D eigenvalue weighted by atomic mass is 19.4. The summed E-state index contributed by atoms with van der Waals surface area (Å²) in [6.45, 7) is 7.77. The first kappa shape index (κ1) is 30.5. The molecular weight excluding hydrogens is 551 g/mol. The molecule has 224 valence electrons. The van der Waals surface area contributed by atoms with Gasteiger partial charge in [-0.1, -0.05) is 18.2 Å². The van der Waals surface area contributed by atoms with E-state index in [1.165, 1.54) is 11.0 Å². The van der Waals surface area contributed by atoms with E-state index in [4.69, 9.17) is 4.74 Å². The van der Waals surface area contributed by atoms with E-state index in [-0.39, 0.29) is 12.5 Å². The van der Waals surface area contributed by atoms with E-state index in [9.17, 15) is 22.8 Å². The van der Waals surface area contributed by atoms with Crippen molar-refractivity contribution in [3.8, 4) is 11.1 Å². The van der Waals surface area contributed by atoms with Gasteiger partial charge in [-0.05, 0) is 50.1 Å². The Bertz CT molecular complexity index is 1370. The number of nitrogens with one attached hydrogen (secondary N) is 1. The zero-order valence-corrected chi connectivity index (χ0v) is 24.0. The number of halogens is 3. The number of carbonyl (C=O) groups is 2. The lowest BCUT2D eigenvalue weighted by molar-refractivity contribution is -0.137. The number of aromatic nitrogens is 3. The first-order valence-electron chi connectivity index (χ1n) is 13.4. The van der Waals surface area contributed by atoms with Crippen LogP contribution in [0.4, 0.5) is 29.7 Å². The van der Waals surface area contributed by atoms with Crippen molar-refractivity contribution in [2.24, 2.45) is 0 Å². The average Bonchev–Trinajstić information content (AvgIpc) is 2.95. The zero-order chi connectivity index (χ0) is 30.5. The van der Waals surface area contributed by atoms with Gasteiger partial charge in [0.2, 0.25) is 11.9 Å². The number of piperazine rings is 1. The van der Waals surface area contributed by atoms with Gasteiger partial charge >= 0.3 is 12.3 Å². The summed E-state index contributed by atoms with van der Waals surface area (Å²) in [5, 5.41) is 2.48. The maximum absolute atomic E-state index is 12.8. The predicted octanol–water partition coefficient (Wildman–Crippen LogP) is 4.37. The number of alkyl carbamates (subject to hydrolysis) is 1. The van der Waals surface area contributed by atoms with Gasteiger partial charge in [0.05, 0.1) is 5.56 Å². The van der Waals surface area contributed by atoms with E-state index in [2.05, 4.69) is 20.3 Å². The van der Waals surface area contributed by atoms with Crippen molar-refractivity contribution in [2.45, 2.75) is 39.1 Å². The van der Waals surface area contributed by atoms with Gasteiger partial charge in [0, 0.05) is 63.9 Å². The van der Waals surface area contributed by atoms with Gasteiger partial charge in [-0.25, -0.2) is 19.7 Å². The Morgan fingerprint density at radius 2 is 1.60 bits per heavy atom. The Kier molecular flexibility index (Phi) is 9.17. The van der Waals surface area contributed by atoms with Crippen LogP contribution in [-0.2, 0) is 22.3 Å². The molecule has 0 atom stereocenters. The Balaban J connectivity index is 1.30. The third-order valence-corrected chi connectivity index (χ3v) is 6.49. The van der Waals surface area contributed by atoms with Crippen LogP contribution in [0, 0.1) is 0 Å². The second-order valence-corrected chi connectivity index (χ2v) is 11.0. The number of amides is 2. The van der Waals surface area contributed by atoms with Gasteiger partial charge < -0.3 is 24.8 Å². The van der Waals surface area contributed by atoms with Gasteiger partial charge in [0.15, 0.2) is 0 Å². The molecule has 1 saturated heterocycles. The summed E-state index contributed by atoms with van der Waals surface area (Å²) in [6.07, 6.45) is -0.714. The molecular formula is C29H34F3N7O3. The summed E-state index contributed by atoms with van der Waals surface area (Å²) in [6, 6.07) is 10.1. The average molecular weight is 586 g/mol. The molecule has 0 saturated carbocycles. The molecule has 2 amide bonds. The number of anilines is 2. The molecule has 2 aromatic heterocycles. The molecule has 0 aliphatic carbocycles. The number of rotatable bonds is 7. The van der Waals surface area contributed by atoms with E-state index >= 15 is 0 Å². The fourth-order valence-corrected chi connectivity index (χ4v) is 4.32. The molecule has 13 heteroatoms. The topological polar surface area (TPSA) is 104 Å². The summed E-state index contributed by atoms with van der Waals surface area (Å²) >= 11 is 0. The highest BCUT2D eigenvalue weighted by Gasteiger charge is 2.31. The zero-order valence-electron chi connectivity index (χ0n) is 24.0.